The quantitative estimate of drug-likeness (QED) is 0.283. The number of benzene rings is 2. The average Bonchev–Trinajstić information content (AvgIpc) is 2.84. The molecule has 0 heterocycles. The van der Waals surface area contributed by atoms with Gasteiger partial charge in [-0.3, -0.25) is 0 Å². The summed E-state index contributed by atoms with van der Waals surface area (Å²) >= 11 is 0. The largest absolute Gasteiger partial charge is 0.457 e. The van der Waals surface area contributed by atoms with Crippen molar-refractivity contribution in [2.45, 2.75) is 82.4 Å². The van der Waals surface area contributed by atoms with Gasteiger partial charge in [-0.2, -0.15) is 22.0 Å². The molecule has 2 N–H and O–H groups in total. The number of ether oxygens (including phenoxy) is 2. The van der Waals surface area contributed by atoms with Crippen LogP contribution in [0.4, 0.5) is 30.7 Å². The minimum atomic E-state index is -4.86. The highest BCUT2D eigenvalue weighted by molar-refractivity contribution is 5.37. The normalized spacial score (nSPS) is 20.5. The molecule has 0 aromatic heterocycles. The third-order valence-corrected chi connectivity index (χ3v) is 6.60. The molecule has 0 saturated heterocycles. The molecule has 38 heavy (non-hydrogen) atoms. The van der Waals surface area contributed by atoms with Crippen LogP contribution in [0.1, 0.15) is 62.6 Å². The van der Waals surface area contributed by atoms with Crippen molar-refractivity contribution in [2.24, 2.45) is 5.92 Å². The summed E-state index contributed by atoms with van der Waals surface area (Å²) in [5.74, 6) is 0.699. The van der Waals surface area contributed by atoms with Gasteiger partial charge in [0.05, 0.1) is 6.10 Å². The molecule has 212 valence electrons. The first kappa shape index (κ1) is 30.2. The monoisotopic (exact) mass is 551 g/mol. The molecule has 0 amide bonds. The van der Waals surface area contributed by atoms with E-state index >= 15 is 0 Å². The van der Waals surface area contributed by atoms with Crippen molar-refractivity contribution in [3.63, 3.8) is 0 Å². The van der Waals surface area contributed by atoms with Crippen LogP contribution in [-0.2, 0) is 4.74 Å². The van der Waals surface area contributed by atoms with Gasteiger partial charge in [0.15, 0.2) is 6.10 Å². The number of aliphatic hydroxyl groups is 1. The van der Waals surface area contributed by atoms with Gasteiger partial charge in [-0.25, -0.2) is 8.78 Å². The molecule has 0 spiro atoms. The minimum absolute atomic E-state index is 0.0798. The molecular weight excluding hydrogens is 519 g/mol. The molecule has 0 aliphatic heterocycles. The number of rotatable bonds is 11. The molecular formula is C27H32F7NO3. The van der Waals surface area contributed by atoms with E-state index in [1.54, 1.807) is 30.3 Å². The van der Waals surface area contributed by atoms with Crippen LogP contribution < -0.4 is 10.1 Å². The highest BCUT2D eigenvalue weighted by atomic mass is 19.4. The second kappa shape index (κ2) is 12.7. The van der Waals surface area contributed by atoms with Crippen molar-refractivity contribution in [3.05, 3.63) is 59.7 Å². The van der Waals surface area contributed by atoms with E-state index in [9.17, 15) is 35.8 Å². The first-order valence-corrected chi connectivity index (χ1v) is 12.5. The van der Waals surface area contributed by atoms with E-state index in [0.29, 0.717) is 29.9 Å². The van der Waals surface area contributed by atoms with Crippen molar-refractivity contribution >= 4 is 0 Å². The molecule has 3 rings (SSSR count). The summed E-state index contributed by atoms with van der Waals surface area (Å²) < 4.78 is 102. The Morgan fingerprint density at radius 1 is 0.947 bits per heavy atom. The van der Waals surface area contributed by atoms with Gasteiger partial charge in [-0.05, 0) is 66.5 Å². The van der Waals surface area contributed by atoms with Crippen LogP contribution in [-0.4, -0.2) is 42.6 Å². The Bertz CT molecular complexity index is 1030. The van der Waals surface area contributed by atoms with Gasteiger partial charge in [-0.15, -0.1) is 0 Å². The molecule has 4 atom stereocenters. The van der Waals surface area contributed by atoms with E-state index in [-0.39, 0.29) is 18.8 Å². The lowest BCUT2D eigenvalue weighted by Crippen LogP contribution is -2.43. The SMILES string of the molecule is CC(C)c1cccc(Oc2cccc(C(NCC(O)C(F)(F)F)C3CCCC(OC(F)(F)C(F)F)C3)c2)c1. The number of nitrogens with one attached hydrogen (secondary N) is 1. The fourth-order valence-corrected chi connectivity index (χ4v) is 4.62. The van der Waals surface area contributed by atoms with Crippen molar-refractivity contribution in [3.8, 4) is 11.5 Å². The zero-order valence-corrected chi connectivity index (χ0v) is 21.0. The van der Waals surface area contributed by atoms with Crippen LogP contribution in [0, 0.1) is 5.92 Å². The van der Waals surface area contributed by atoms with Crippen molar-refractivity contribution in [2.75, 3.05) is 6.54 Å². The Morgan fingerprint density at radius 3 is 2.13 bits per heavy atom. The second-order valence-electron chi connectivity index (χ2n) is 9.87. The second-order valence-corrected chi connectivity index (χ2v) is 9.87. The molecule has 0 radical (unpaired) electrons. The van der Waals surface area contributed by atoms with Gasteiger partial charge in [0, 0.05) is 12.6 Å². The maximum Gasteiger partial charge on any atom is 0.416 e. The molecule has 4 unspecified atom stereocenters. The van der Waals surface area contributed by atoms with E-state index in [1.165, 1.54) is 0 Å². The summed E-state index contributed by atoms with van der Waals surface area (Å²) in [6.07, 6.45) is -16.5. The van der Waals surface area contributed by atoms with E-state index < -0.39 is 49.4 Å². The summed E-state index contributed by atoms with van der Waals surface area (Å²) in [7, 11) is 0. The topological polar surface area (TPSA) is 50.7 Å². The molecule has 0 bridgehead atoms. The molecule has 1 aliphatic rings. The van der Waals surface area contributed by atoms with Gasteiger partial charge >= 0.3 is 18.7 Å². The highest BCUT2D eigenvalue weighted by Gasteiger charge is 2.46. The van der Waals surface area contributed by atoms with E-state index in [2.05, 4.69) is 10.1 Å². The molecule has 4 nitrogen and oxygen atoms in total. The summed E-state index contributed by atoms with van der Waals surface area (Å²) in [6.45, 7) is 3.22. The first-order chi connectivity index (χ1) is 17.8. The number of hydrogen-bond donors (Lipinski definition) is 2. The third-order valence-electron chi connectivity index (χ3n) is 6.60. The van der Waals surface area contributed by atoms with Crippen LogP contribution in [0.15, 0.2) is 48.5 Å². The number of halogens is 7. The Balaban J connectivity index is 1.84. The average molecular weight is 552 g/mol. The van der Waals surface area contributed by atoms with E-state index in [1.807, 2.05) is 32.0 Å². The molecule has 2 aromatic rings. The number of aliphatic hydroxyl groups excluding tert-OH is 1. The van der Waals surface area contributed by atoms with Crippen molar-refractivity contribution in [1.29, 1.82) is 0 Å². The maximum absolute atomic E-state index is 13.5. The molecule has 11 heteroatoms. The van der Waals surface area contributed by atoms with Gasteiger partial charge in [0.2, 0.25) is 0 Å². The van der Waals surface area contributed by atoms with Crippen LogP contribution in [0.2, 0.25) is 0 Å². The van der Waals surface area contributed by atoms with Gasteiger partial charge in [0.25, 0.3) is 0 Å². The molecule has 1 saturated carbocycles. The molecule has 1 fully saturated rings. The van der Waals surface area contributed by atoms with E-state index in [4.69, 9.17) is 4.74 Å². The smallest absolute Gasteiger partial charge is 0.416 e. The fourth-order valence-electron chi connectivity index (χ4n) is 4.62. The predicted molar refractivity (Wildman–Crippen MR) is 128 cm³/mol. The van der Waals surface area contributed by atoms with Gasteiger partial charge in [-0.1, -0.05) is 44.5 Å². The zero-order chi connectivity index (χ0) is 28.1. The van der Waals surface area contributed by atoms with Gasteiger partial charge in [0.1, 0.15) is 11.5 Å². The van der Waals surface area contributed by atoms with Crippen LogP contribution in [0.25, 0.3) is 0 Å². The third kappa shape index (κ3) is 8.31. The minimum Gasteiger partial charge on any atom is -0.457 e. The Morgan fingerprint density at radius 2 is 1.55 bits per heavy atom. The Labute approximate surface area is 217 Å². The summed E-state index contributed by atoms with van der Waals surface area (Å²) in [6, 6.07) is 13.2. The summed E-state index contributed by atoms with van der Waals surface area (Å²) in [5.41, 5.74) is 1.55. The lowest BCUT2D eigenvalue weighted by molar-refractivity contribution is -0.322. The standard InChI is InChI=1S/C27H32F7NO3/c1-16(2)17-6-3-9-20(12-17)37-21-10-4-7-18(13-21)24(35-15-23(36)26(30,31)32)19-8-5-11-22(14-19)38-27(33,34)25(28)29/h3-4,6-7,9-10,12-13,16,19,22-25,35-36H,5,8,11,14-15H2,1-2H3. The predicted octanol–water partition coefficient (Wildman–Crippen LogP) is 7.59. The first-order valence-electron chi connectivity index (χ1n) is 12.5. The number of alkyl halides is 7. The lowest BCUT2D eigenvalue weighted by atomic mass is 9.79. The van der Waals surface area contributed by atoms with Crippen molar-refractivity contribution < 1.29 is 45.3 Å². The fraction of sp³-hybridized carbons (Fsp3) is 0.556. The lowest BCUT2D eigenvalue weighted by Gasteiger charge is -2.37. The number of hydrogen-bond acceptors (Lipinski definition) is 4. The van der Waals surface area contributed by atoms with Crippen molar-refractivity contribution in [1.82, 2.24) is 5.32 Å². The highest BCUT2D eigenvalue weighted by Crippen LogP contribution is 2.40. The van der Waals surface area contributed by atoms with Gasteiger partial charge < -0.3 is 19.9 Å². The van der Waals surface area contributed by atoms with Crippen LogP contribution in [0.5, 0.6) is 11.5 Å². The van der Waals surface area contributed by atoms with E-state index in [0.717, 1.165) is 5.56 Å². The molecule has 1 aliphatic carbocycles. The maximum atomic E-state index is 13.5. The zero-order valence-electron chi connectivity index (χ0n) is 21.0. The summed E-state index contributed by atoms with van der Waals surface area (Å²) in [5, 5.41) is 12.3. The summed E-state index contributed by atoms with van der Waals surface area (Å²) in [4.78, 5) is 0. The molecule has 2 aromatic carbocycles. The Hall–Kier alpha value is -2.37. The van der Waals surface area contributed by atoms with Crippen LogP contribution >= 0.6 is 0 Å². The van der Waals surface area contributed by atoms with Crippen LogP contribution in [0.3, 0.4) is 0 Å². The Kier molecular flexibility index (Phi) is 10.0.